The van der Waals surface area contributed by atoms with E-state index in [0.717, 1.165) is 22.8 Å². The predicted octanol–water partition coefficient (Wildman–Crippen LogP) is 4.25. The summed E-state index contributed by atoms with van der Waals surface area (Å²) in [6.07, 6.45) is 0. The van der Waals surface area contributed by atoms with E-state index in [1.807, 2.05) is 35.2 Å². The number of nitrogens with zero attached hydrogens (tertiary/aromatic N) is 1. The van der Waals surface area contributed by atoms with E-state index in [1.54, 1.807) is 38.1 Å². The highest BCUT2D eigenvalue weighted by atomic mass is 35.5. The van der Waals surface area contributed by atoms with Gasteiger partial charge in [0.2, 0.25) is 0 Å². The van der Waals surface area contributed by atoms with Crippen LogP contribution in [0.2, 0.25) is 5.02 Å². The Morgan fingerprint density at radius 2 is 2.00 bits per heavy atom. The highest BCUT2D eigenvalue weighted by Crippen LogP contribution is 2.44. The number of thioether (sulfide) groups is 1. The third kappa shape index (κ3) is 3.19. The third-order valence-electron chi connectivity index (χ3n) is 3.96. The van der Waals surface area contributed by atoms with Crippen LogP contribution in [0, 0.1) is 0 Å². The van der Waals surface area contributed by atoms with E-state index in [4.69, 9.17) is 21.1 Å². The number of amides is 1. The Labute approximate surface area is 150 Å². The van der Waals surface area contributed by atoms with Crippen LogP contribution in [0.4, 0.5) is 0 Å². The second-order valence-electron chi connectivity index (χ2n) is 5.31. The maximum absolute atomic E-state index is 13.0. The minimum absolute atomic E-state index is 0.0690. The number of carbonyl (C=O) groups is 1. The molecule has 1 saturated heterocycles. The number of carbonyl (C=O) groups excluding carboxylic acids is 1. The number of benzene rings is 2. The largest absolute Gasteiger partial charge is 0.497 e. The first kappa shape index (κ1) is 17.0. The Hall–Kier alpha value is -1.85. The standard InChI is InChI=1S/C18H18ClNO3S/c1-22-12-7-8-16(23-2)14(11-12)18-20(9-10-24-18)17(21)13-5-3-4-6-15(13)19/h3-8,11,18H,9-10H2,1-2H3. The van der Waals surface area contributed by atoms with Gasteiger partial charge in [0.25, 0.3) is 5.91 Å². The molecule has 1 amide bonds. The fourth-order valence-corrected chi connectivity index (χ4v) is 4.24. The van der Waals surface area contributed by atoms with Gasteiger partial charge in [-0.05, 0) is 30.3 Å². The molecule has 0 aromatic heterocycles. The molecule has 0 bridgehead atoms. The second kappa shape index (κ2) is 7.36. The SMILES string of the molecule is COc1ccc(OC)c(C2SCCN2C(=O)c2ccccc2Cl)c1. The molecule has 0 N–H and O–H groups in total. The van der Waals surface area contributed by atoms with E-state index < -0.39 is 0 Å². The lowest BCUT2D eigenvalue weighted by Crippen LogP contribution is -2.30. The molecule has 0 radical (unpaired) electrons. The summed E-state index contributed by atoms with van der Waals surface area (Å²) in [5, 5.41) is 0.342. The zero-order valence-electron chi connectivity index (χ0n) is 13.5. The summed E-state index contributed by atoms with van der Waals surface area (Å²) < 4.78 is 10.8. The molecule has 4 nitrogen and oxygen atoms in total. The van der Waals surface area contributed by atoms with Gasteiger partial charge in [-0.25, -0.2) is 0 Å². The van der Waals surface area contributed by atoms with Crippen molar-refractivity contribution in [3.8, 4) is 11.5 Å². The van der Waals surface area contributed by atoms with Crippen LogP contribution in [0.5, 0.6) is 11.5 Å². The zero-order valence-corrected chi connectivity index (χ0v) is 15.1. The van der Waals surface area contributed by atoms with Crippen molar-refractivity contribution in [1.29, 1.82) is 0 Å². The van der Waals surface area contributed by atoms with Crippen LogP contribution in [-0.2, 0) is 0 Å². The predicted molar refractivity (Wildman–Crippen MR) is 97.2 cm³/mol. The van der Waals surface area contributed by atoms with Crippen LogP contribution in [0.3, 0.4) is 0 Å². The highest BCUT2D eigenvalue weighted by molar-refractivity contribution is 7.99. The fourth-order valence-electron chi connectivity index (χ4n) is 2.76. The lowest BCUT2D eigenvalue weighted by Gasteiger charge is -2.26. The number of halogens is 1. The van der Waals surface area contributed by atoms with Crippen LogP contribution in [-0.4, -0.2) is 37.3 Å². The van der Waals surface area contributed by atoms with Gasteiger partial charge in [0.1, 0.15) is 16.9 Å². The Balaban J connectivity index is 1.97. The van der Waals surface area contributed by atoms with Gasteiger partial charge in [0.15, 0.2) is 0 Å². The molecule has 1 fully saturated rings. The summed E-state index contributed by atoms with van der Waals surface area (Å²) in [4.78, 5) is 14.8. The molecular weight excluding hydrogens is 346 g/mol. The van der Waals surface area contributed by atoms with Crippen molar-refractivity contribution >= 4 is 29.3 Å². The molecule has 24 heavy (non-hydrogen) atoms. The summed E-state index contributed by atoms with van der Waals surface area (Å²) in [6.45, 7) is 0.666. The number of ether oxygens (including phenoxy) is 2. The van der Waals surface area contributed by atoms with Gasteiger partial charge in [0.05, 0.1) is 24.8 Å². The second-order valence-corrected chi connectivity index (χ2v) is 6.90. The molecule has 1 aliphatic heterocycles. The molecule has 2 aromatic rings. The summed E-state index contributed by atoms with van der Waals surface area (Å²) in [6, 6.07) is 12.8. The normalized spacial score (nSPS) is 17.0. The van der Waals surface area contributed by atoms with Gasteiger partial charge >= 0.3 is 0 Å². The molecule has 1 atom stereocenters. The number of hydrogen-bond donors (Lipinski definition) is 0. The first-order chi connectivity index (χ1) is 11.7. The van der Waals surface area contributed by atoms with Crippen molar-refractivity contribution in [3.63, 3.8) is 0 Å². The smallest absolute Gasteiger partial charge is 0.256 e. The number of hydrogen-bond acceptors (Lipinski definition) is 4. The van der Waals surface area contributed by atoms with Gasteiger partial charge in [-0.15, -0.1) is 11.8 Å². The minimum atomic E-state index is -0.126. The maximum Gasteiger partial charge on any atom is 0.256 e. The van der Waals surface area contributed by atoms with Gasteiger partial charge in [-0.2, -0.15) is 0 Å². The van der Waals surface area contributed by atoms with Gasteiger partial charge < -0.3 is 14.4 Å². The fraction of sp³-hybridized carbons (Fsp3) is 0.278. The minimum Gasteiger partial charge on any atom is -0.497 e. The van der Waals surface area contributed by atoms with Gasteiger partial charge in [-0.3, -0.25) is 4.79 Å². The van der Waals surface area contributed by atoms with Crippen LogP contribution >= 0.6 is 23.4 Å². The van der Waals surface area contributed by atoms with Crippen molar-refractivity contribution in [2.45, 2.75) is 5.37 Å². The molecule has 0 spiro atoms. The van der Waals surface area contributed by atoms with Gasteiger partial charge in [0, 0.05) is 17.9 Å². The summed E-state index contributed by atoms with van der Waals surface area (Å²) >= 11 is 7.91. The lowest BCUT2D eigenvalue weighted by atomic mass is 10.1. The van der Waals surface area contributed by atoms with Gasteiger partial charge in [-0.1, -0.05) is 23.7 Å². The van der Waals surface area contributed by atoms with Crippen LogP contribution in [0.25, 0.3) is 0 Å². The molecule has 0 aliphatic carbocycles. The van der Waals surface area contributed by atoms with E-state index in [9.17, 15) is 4.79 Å². The lowest BCUT2D eigenvalue weighted by molar-refractivity contribution is 0.0759. The van der Waals surface area contributed by atoms with Crippen molar-refractivity contribution in [1.82, 2.24) is 4.90 Å². The molecular formula is C18H18ClNO3S. The Morgan fingerprint density at radius 1 is 1.21 bits per heavy atom. The average molecular weight is 364 g/mol. The zero-order chi connectivity index (χ0) is 17.1. The molecule has 126 valence electrons. The molecule has 6 heteroatoms. The summed E-state index contributed by atoms with van der Waals surface area (Å²) in [5.74, 6) is 2.28. The van der Waals surface area contributed by atoms with E-state index in [0.29, 0.717) is 17.1 Å². The van der Waals surface area contributed by atoms with Crippen molar-refractivity contribution < 1.29 is 14.3 Å². The first-order valence-electron chi connectivity index (χ1n) is 7.54. The maximum atomic E-state index is 13.0. The Morgan fingerprint density at radius 3 is 2.71 bits per heavy atom. The summed E-state index contributed by atoms with van der Waals surface area (Å²) in [5.41, 5.74) is 1.45. The Kier molecular flexibility index (Phi) is 5.21. The quantitative estimate of drug-likeness (QED) is 0.814. The molecule has 1 unspecified atom stereocenters. The van der Waals surface area contributed by atoms with E-state index in [2.05, 4.69) is 0 Å². The number of rotatable bonds is 4. The van der Waals surface area contributed by atoms with Crippen molar-refractivity contribution in [3.05, 3.63) is 58.6 Å². The van der Waals surface area contributed by atoms with Crippen LogP contribution in [0.15, 0.2) is 42.5 Å². The Bertz CT molecular complexity index is 753. The highest BCUT2D eigenvalue weighted by Gasteiger charge is 2.34. The first-order valence-corrected chi connectivity index (χ1v) is 8.97. The van der Waals surface area contributed by atoms with Crippen LogP contribution < -0.4 is 9.47 Å². The van der Waals surface area contributed by atoms with Crippen LogP contribution in [0.1, 0.15) is 21.3 Å². The summed E-state index contributed by atoms with van der Waals surface area (Å²) in [7, 11) is 3.26. The molecule has 1 aliphatic rings. The molecule has 1 heterocycles. The molecule has 0 saturated carbocycles. The molecule has 3 rings (SSSR count). The third-order valence-corrected chi connectivity index (χ3v) is 5.53. The van der Waals surface area contributed by atoms with E-state index >= 15 is 0 Å². The average Bonchev–Trinajstić information content (AvgIpc) is 3.10. The molecule has 2 aromatic carbocycles. The number of methoxy groups -OCH3 is 2. The van der Waals surface area contributed by atoms with Crippen molar-refractivity contribution in [2.75, 3.05) is 26.5 Å². The topological polar surface area (TPSA) is 38.8 Å². The van der Waals surface area contributed by atoms with E-state index in [1.165, 1.54) is 0 Å². The monoisotopic (exact) mass is 363 g/mol. The van der Waals surface area contributed by atoms with Crippen molar-refractivity contribution in [2.24, 2.45) is 0 Å². The van der Waals surface area contributed by atoms with E-state index in [-0.39, 0.29) is 11.3 Å².